The Bertz CT molecular complexity index is 579. The first-order valence-corrected chi connectivity index (χ1v) is 6.47. The van der Waals surface area contributed by atoms with Crippen LogP contribution >= 0.6 is 11.6 Å². The van der Waals surface area contributed by atoms with E-state index in [1.54, 1.807) is 30.3 Å². The third-order valence-electron chi connectivity index (χ3n) is 2.80. The van der Waals surface area contributed by atoms with Crippen LogP contribution in [0.5, 0.6) is 23.0 Å². The Balaban J connectivity index is 2.47. The number of methoxy groups -OCH3 is 2. The third-order valence-corrected chi connectivity index (χ3v) is 3.07. The second-order valence-electron chi connectivity index (χ2n) is 3.94. The lowest BCUT2D eigenvalue weighted by Gasteiger charge is -2.15. The number of alkyl halides is 1. The van der Waals surface area contributed by atoms with Crippen LogP contribution in [0.25, 0.3) is 0 Å². The summed E-state index contributed by atoms with van der Waals surface area (Å²) < 4.78 is 29.9. The summed E-state index contributed by atoms with van der Waals surface area (Å²) >= 11 is 5.77. The molecule has 0 radical (unpaired) electrons. The minimum absolute atomic E-state index is 0.0134. The smallest absolute Gasteiger partial charge is 0.211 e. The highest BCUT2D eigenvalue weighted by molar-refractivity contribution is 6.17. The molecule has 2 aromatic carbocycles. The minimum atomic E-state index is -0.411. The highest BCUT2D eigenvalue weighted by Crippen LogP contribution is 2.41. The molecule has 5 heteroatoms. The molecule has 0 N–H and O–H groups in total. The Morgan fingerprint density at radius 3 is 2.05 bits per heavy atom. The number of hydrogen-bond acceptors (Lipinski definition) is 3. The molecule has 0 atom stereocenters. The predicted molar refractivity (Wildman–Crippen MR) is 75.6 cm³/mol. The number of halogens is 2. The molecule has 0 fully saturated rings. The highest BCUT2D eigenvalue weighted by atomic mass is 35.5. The van der Waals surface area contributed by atoms with Crippen molar-refractivity contribution >= 4 is 11.6 Å². The van der Waals surface area contributed by atoms with Crippen molar-refractivity contribution in [3.63, 3.8) is 0 Å². The zero-order valence-corrected chi connectivity index (χ0v) is 11.9. The van der Waals surface area contributed by atoms with Crippen LogP contribution in [0.2, 0.25) is 0 Å². The average molecular weight is 297 g/mol. The van der Waals surface area contributed by atoms with Gasteiger partial charge in [-0.25, -0.2) is 4.39 Å². The van der Waals surface area contributed by atoms with Gasteiger partial charge in [0, 0.05) is 5.56 Å². The fourth-order valence-corrected chi connectivity index (χ4v) is 2.05. The molecular formula is C15H14ClFO3. The topological polar surface area (TPSA) is 27.7 Å². The first kappa shape index (κ1) is 14.5. The van der Waals surface area contributed by atoms with E-state index in [1.807, 2.05) is 0 Å². The fraction of sp³-hybridized carbons (Fsp3) is 0.200. The number of para-hydroxylation sites is 1. The van der Waals surface area contributed by atoms with Crippen molar-refractivity contribution in [3.8, 4) is 23.0 Å². The molecule has 0 aliphatic carbocycles. The van der Waals surface area contributed by atoms with E-state index in [-0.39, 0.29) is 5.88 Å². The van der Waals surface area contributed by atoms with Crippen LogP contribution in [0.4, 0.5) is 4.39 Å². The Labute approximate surface area is 121 Å². The summed E-state index contributed by atoms with van der Waals surface area (Å²) in [4.78, 5) is 0. The van der Waals surface area contributed by atoms with Gasteiger partial charge in [-0.1, -0.05) is 12.1 Å². The molecule has 106 valence electrons. The van der Waals surface area contributed by atoms with E-state index in [9.17, 15) is 4.39 Å². The van der Waals surface area contributed by atoms with Crippen LogP contribution in [-0.4, -0.2) is 14.2 Å². The van der Waals surface area contributed by atoms with E-state index in [1.165, 1.54) is 20.3 Å². The van der Waals surface area contributed by atoms with Crippen LogP contribution in [-0.2, 0) is 5.88 Å². The van der Waals surface area contributed by atoms with Gasteiger partial charge in [-0.05, 0) is 24.3 Å². The number of benzene rings is 2. The third kappa shape index (κ3) is 2.80. The van der Waals surface area contributed by atoms with Gasteiger partial charge >= 0.3 is 0 Å². The Hall–Kier alpha value is -1.94. The van der Waals surface area contributed by atoms with Gasteiger partial charge < -0.3 is 14.2 Å². The summed E-state index contributed by atoms with van der Waals surface area (Å²) in [5, 5.41) is 0. The standard InChI is InChI=1S/C15H14ClFO3/c1-18-13-7-4-8-14(19-2)15(13)20-12-6-3-5-11(17)10(12)9-16/h3-8H,9H2,1-2H3. The highest BCUT2D eigenvalue weighted by Gasteiger charge is 2.16. The molecule has 3 nitrogen and oxygen atoms in total. The average Bonchev–Trinajstić information content (AvgIpc) is 2.47. The number of ether oxygens (including phenoxy) is 3. The van der Waals surface area contributed by atoms with Gasteiger partial charge in [0.1, 0.15) is 11.6 Å². The molecule has 0 aliphatic rings. The van der Waals surface area contributed by atoms with Crippen molar-refractivity contribution in [1.29, 1.82) is 0 Å². The van der Waals surface area contributed by atoms with Gasteiger partial charge in [0.2, 0.25) is 5.75 Å². The van der Waals surface area contributed by atoms with Gasteiger partial charge in [0.25, 0.3) is 0 Å². The van der Waals surface area contributed by atoms with Gasteiger partial charge in [-0.2, -0.15) is 0 Å². The summed E-state index contributed by atoms with van der Waals surface area (Å²) in [6, 6.07) is 9.78. The van der Waals surface area contributed by atoms with Crippen molar-refractivity contribution in [2.45, 2.75) is 5.88 Å². The minimum Gasteiger partial charge on any atom is -0.493 e. The SMILES string of the molecule is COc1cccc(OC)c1Oc1cccc(F)c1CCl. The largest absolute Gasteiger partial charge is 0.493 e. The molecule has 20 heavy (non-hydrogen) atoms. The van der Waals surface area contributed by atoms with Gasteiger partial charge in [0.15, 0.2) is 11.5 Å². The van der Waals surface area contributed by atoms with Crippen molar-refractivity contribution in [2.24, 2.45) is 0 Å². The fourth-order valence-electron chi connectivity index (χ4n) is 1.79. The summed E-state index contributed by atoms with van der Waals surface area (Å²) in [5.41, 5.74) is 0.294. The molecule has 2 rings (SSSR count). The maximum atomic E-state index is 13.7. The van der Waals surface area contributed by atoms with Crippen LogP contribution in [0.15, 0.2) is 36.4 Å². The second-order valence-corrected chi connectivity index (χ2v) is 4.21. The van der Waals surface area contributed by atoms with Crippen LogP contribution in [0, 0.1) is 5.82 Å². The van der Waals surface area contributed by atoms with Crippen molar-refractivity contribution < 1.29 is 18.6 Å². The molecule has 0 aliphatic heterocycles. The summed E-state index contributed by atoms with van der Waals surface area (Å²) in [5.74, 6) is 1.31. The lowest BCUT2D eigenvalue weighted by molar-refractivity contribution is 0.344. The summed E-state index contributed by atoms with van der Waals surface area (Å²) in [7, 11) is 3.05. The van der Waals surface area contributed by atoms with E-state index >= 15 is 0 Å². The van der Waals surface area contributed by atoms with E-state index in [0.717, 1.165) is 0 Å². The molecule has 0 saturated carbocycles. The Morgan fingerprint density at radius 2 is 1.50 bits per heavy atom. The van der Waals surface area contributed by atoms with Crippen molar-refractivity contribution in [3.05, 3.63) is 47.8 Å². The first-order valence-electron chi connectivity index (χ1n) is 5.93. The lowest BCUT2D eigenvalue weighted by Crippen LogP contribution is -1.97. The van der Waals surface area contributed by atoms with Crippen molar-refractivity contribution in [1.82, 2.24) is 0 Å². The van der Waals surface area contributed by atoms with Gasteiger partial charge in [-0.3, -0.25) is 0 Å². The maximum absolute atomic E-state index is 13.7. The number of hydrogen-bond donors (Lipinski definition) is 0. The Morgan fingerprint density at radius 1 is 0.950 bits per heavy atom. The normalized spacial score (nSPS) is 10.2. The number of rotatable bonds is 5. The molecule has 0 bridgehead atoms. The molecular weight excluding hydrogens is 283 g/mol. The van der Waals surface area contributed by atoms with Crippen LogP contribution in [0.1, 0.15) is 5.56 Å². The molecule has 2 aromatic rings. The predicted octanol–water partition coefficient (Wildman–Crippen LogP) is 4.37. The molecule has 0 saturated heterocycles. The summed E-state index contributed by atoms with van der Waals surface area (Å²) in [6.45, 7) is 0. The van der Waals surface area contributed by atoms with E-state index < -0.39 is 5.82 Å². The zero-order valence-electron chi connectivity index (χ0n) is 11.2. The summed E-state index contributed by atoms with van der Waals surface area (Å²) in [6.07, 6.45) is 0. The molecule has 0 heterocycles. The van der Waals surface area contributed by atoms with Gasteiger partial charge in [-0.15, -0.1) is 11.6 Å². The van der Waals surface area contributed by atoms with E-state index in [4.69, 9.17) is 25.8 Å². The first-order chi connectivity index (χ1) is 9.71. The van der Waals surface area contributed by atoms with Crippen molar-refractivity contribution in [2.75, 3.05) is 14.2 Å². The lowest BCUT2D eigenvalue weighted by atomic mass is 10.2. The van der Waals surface area contributed by atoms with E-state index in [2.05, 4.69) is 0 Å². The van der Waals surface area contributed by atoms with Gasteiger partial charge in [0.05, 0.1) is 20.1 Å². The Kier molecular flexibility index (Phi) is 4.69. The molecule has 0 unspecified atom stereocenters. The molecule has 0 amide bonds. The molecule has 0 aromatic heterocycles. The quantitative estimate of drug-likeness (QED) is 0.767. The molecule has 0 spiro atoms. The monoisotopic (exact) mass is 296 g/mol. The van der Waals surface area contributed by atoms with Crippen LogP contribution in [0.3, 0.4) is 0 Å². The van der Waals surface area contributed by atoms with E-state index in [0.29, 0.717) is 28.6 Å². The maximum Gasteiger partial charge on any atom is 0.211 e. The second kappa shape index (κ2) is 6.48. The van der Waals surface area contributed by atoms with Crippen LogP contribution < -0.4 is 14.2 Å². The zero-order chi connectivity index (χ0) is 14.5.